The molecule has 0 unspecified atom stereocenters. The highest BCUT2D eigenvalue weighted by atomic mass is 32.2. The van der Waals surface area contributed by atoms with E-state index in [2.05, 4.69) is 6.58 Å². The van der Waals surface area contributed by atoms with E-state index in [1.807, 2.05) is 0 Å². The SMILES string of the molecule is C=CCSc1c(F)c(F)c(F)c(F)c1F. The minimum absolute atomic E-state index is 0.0539. The Balaban J connectivity index is 3.31. The lowest BCUT2D eigenvalue weighted by atomic mass is 10.3. The molecule has 0 saturated carbocycles. The maximum atomic E-state index is 12.9. The van der Waals surface area contributed by atoms with Crippen LogP contribution in [0.15, 0.2) is 17.6 Å². The van der Waals surface area contributed by atoms with Gasteiger partial charge in [0.15, 0.2) is 23.3 Å². The second-order valence-electron chi connectivity index (χ2n) is 2.50. The molecular weight excluding hydrogens is 235 g/mol. The van der Waals surface area contributed by atoms with Gasteiger partial charge in [-0.15, -0.1) is 18.3 Å². The summed E-state index contributed by atoms with van der Waals surface area (Å²) in [4.78, 5) is -0.883. The highest BCUT2D eigenvalue weighted by Crippen LogP contribution is 2.30. The molecule has 0 aliphatic rings. The van der Waals surface area contributed by atoms with Crippen LogP contribution in [0, 0.1) is 29.1 Å². The highest BCUT2D eigenvalue weighted by Gasteiger charge is 2.25. The van der Waals surface area contributed by atoms with E-state index < -0.39 is 34.0 Å². The molecule has 0 spiro atoms. The Bertz CT molecular complexity index is 373. The maximum absolute atomic E-state index is 12.9. The summed E-state index contributed by atoms with van der Waals surface area (Å²) in [5, 5.41) is 0. The van der Waals surface area contributed by atoms with Gasteiger partial charge < -0.3 is 0 Å². The van der Waals surface area contributed by atoms with Gasteiger partial charge in [-0.3, -0.25) is 0 Å². The molecule has 0 aliphatic heterocycles. The molecule has 82 valence electrons. The minimum atomic E-state index is -2.15. The summed E-state index contributed by atoms with van der Waals surface area (Å²) in [7, 11) is 0. The van der Waals surface area contributed by atoms with Crippen LogP contribution in [0.2, 0.25) is 0 Å². The van der Waals surface area contributed by atoms with E-state index >= 15 is 0 Å². The predicted octanol–water partition coefficient (Wildman–Crippen LogP) is 3.66. The number of benzene rings is 1. The zero-order valence-corrected chi connectivity index (χ0v) is 8.11. The van der Waals surface area contributed by atoms with Crippen molar-refractivity contribution in [3.63, 3.8) is 0 Å². The summed E-state index contributed by atoms with van der Waals surface area (Å²) in [5.74, 6) is -9.57. The largest absolute Gasteiger partial charge is 0.202 e. The van der Waals surface area contributed by atoms with Crippen molar-refractivity contribution < 1.29 is 22.0 Å². The Morgan fingerprint density at radius 2 is 1.27 bits per heavy atom. The van der Waals surface area contributed by atoms with Crippen molar-refractivity contribution in [3.05, 3.63) is 41.7 Å². The van der Waals surface area contributed by atoms with Gasteiger partial charge in [0, 0.05) is 5.75 Å². The first-order chi connectivity index (χ1) is 7.00. The van der Waals surface area contributed by atoms with E-state index in [4.69, 9.17) is 0 Å². The average molecular weight is 240 g/mol. The molecule has 0 aromatic heterocycles. The van der Waals surface area contributed by atoms with Crippen molar-refractivity contribution in [2.45, 2.75) is 4.90 Å². The van der Waals surface area contributed by atoms with E-state index in [1.165, 1.54) is 6.08 Å². The standard InChI is InChI=1S/C9H5F5S/c1-2-3-15-9-7(13)5(11)4(10)6(12)8(9)14/h2H,1,3H2. The maximum Gasteiger partial charge on any atom is 0.200 e. The molecule has 1 aromatic carbocycles. The number of hydrogen-bond acceptors (Lipinski definition) is 1. The van der Waals surface area contributed by atoms with Gasteiger partial charge in [0.25, 0.3) is 0 Å². The third kappa shape index (κ3) is 2.14. The van der Waals surface area contributed by atoms with Crippen LogP contribution in [0.3, 0.4) is 0 Å². The van der Waals surface area contributed by atoms with Crippen molar-refractivity contribution in [2.24, 2.45) is 0 Å². The van der Waals surface area contributed by atoms with Crippen molar-refractivity contribution >= 4 is 11.8 Å². The van der Waals surface area contributed by atoms with Crippen LogP contribution in [0.1, 0.15) is 0 Å². The van der Waals surface area contributed by atoms with E-state index in [1.54, 1.807) is 0 Å². The Morgan fingerprint density at radius 1 is 0.867 bits per heavy atom. The summed E-state index contributed by atoms with van der Waals surface area (Å²) in [6.07, 6.45) is 1.29. The lowest BCUT2D eigenvalue weighted by Crippen LogP contribution is -2.03. The quantitative estimate of drug-likeness (QED) is 0.255. The highest BCUT2D eigenvalue weighted by molar-refractivity contribution is 7.99. The van der Waals surface area contributed by atoms with E-state index in [0.29, 0.717) is 11.8 Å². The molecule has 15 heavy (non-hydrogen) atoms. The normalized spacial score (nSPS) is 10.5. The molecule has 0 bridgehead atoms. The van der Waals surface area contributed by atoms with Crippen molar-refractivity contribution in [2.75, 3.05) is 5.75 Å². The van der Waals surface area contributed by atoms with E-state index in [-0.39, 0.29) is 5.75 Å². The lowest BCUT2D eigenvalue weighted by molar-refractivity contribution is 0.361. The Labute approximate surface area is 86.8 Å². The van der Waals surface area contributed by atoms with Crippen molar-refractivity contribution in [3.8, 4) is 0 Å². The first-order valence-electron chi connectivity index (χ1n) is 3.75. The van der Waals surface area contributed by atoms with Crippen LogP contribution in [0.25, 0.3) is 0 Å². The summed E-state index contributed by atoms with van der Waals surface area (Å²) >= 11 is 0.496. The molecular formula is C9H5F5S. The summed E-state index contributed by atoms with van der Waals surface area (Å²) in [6, 6.07) is 0. The van der Waals surface area contributed by atoms with Gasteiger partial charge in [-0.25, -0.2) is 22.0 Å². The van der Waals surface area contributed by atoms with Crippen LogP contribution >= 0.6 is 11.8 Å². The first kappa shape index (κ1) is 12.0. The molecule has 0 fully saturated rings. The first-order valence-corrected chi connectivity index (χ1v) is 4.74. The smallest absolute Gasteiger partial charge is 0.200 e. The molecule has 1 aromatic rings. The zero-order chi connectivity index (χ0) is 11.6. The van der Waals surface area contributed by atoms with Gasteiger partial charge in [0.2, 0.25) is 5.82 Å². The fourth-order valence-electron chi connectivity index (χ4n) is 0.854. The van der Waals surface area contributed by atoms with Gasteiger partial charge in [-0.2, -0.15) is 0 Å². The van der Waals surface area contributed by atoms with E-state index in [0.717, 1.165) is 0 Å². The number of rotatable bonds is 3. The van der Waals surface area contributed by atoms with Crippen LogP contribution in [0.5, 0.6) is 0 Å². The summed E-state index contributed by atoms with van der Waals surface area (Å²) < 4.78 is 63.7. The fraction of sp³-hybridized carbons (Fsp3) is 0.111. The van der Waals surface area contributed by atoms with Crippen LogP contribution in [-0.4, -0.2) is 5.75 Å². The zero-order valence-electron chi connectivity index (χ0n) is 7.29. The molecule has 0 N–H and O–H groups in total. The number of thioether (sulfide) groups is 1. The second-order valence-corrected chi connectivity index (χ2v) is 3.53. The molecule has 0 aliphatic carbocycles. The van der Waals surface area contributed by atoms with Crippen LogP contribution < -0.4 is 0 Å². The van der Waals surface area contributed by atoms with Crippen LogP contribution in [0.4, 0.5) is 22.0 Å². The summed E-state index contributed by atoms with van der Waals surface area (Å²) in [6.45, 7) is 3.27. The van der Waals surface area contributed by atoms with Gasteiger partial charge >= 0.3 is 0 Å². The average Bonchev–Trinajstić information content (AvgIpc) is 2.24. The molecule has 0 radical (unpaired) electrons. The fourth-order valence-corrected chi connectivity index (χ4v) is 1.57. The lowest BCUT2D eigenvalue weighted by Gasteiger charge is -2.05. The van der Waals surface area contributed by atoms with Crippen molar-refractivity contribution in [1.82, 2.24) is 0 Å². The molecule has 0 atom stereocenters. The van der Waals surface area contributed by atoms with Gasteiger partial charge in [0.1, 0.15) is 0 Å². The third-order valence-corrected chi connectivity index (χ3v) is 2.56. The minimum Gasteiger partial charge on any atom is -0.202 e. The summed E-state index contributed by atoms with van der Waals surface area (Å²) in [5.41, 5.74) is 0. The molecule has 0 nitrogen and oxygen atoms in total. The van der Waals surface area contributed by atoms with Crippen LogP contribution in [-0.2, 0) is 0 Å². The Hall–Kier alpha value is -1.04. The van der Waals surface area contributed by atoms with Gasteiger partial charge in [-0.1, -0.05) is 6.08 Å². The molecule has 0 heterocycles. The molecule has 1 rings (SSSR count). The van der Waals surface area contributed by atoms with Gasteiger partial charge in [0.05, 0.1) is 4.90 Å². The number of halogens is 5. The van der Waals surface area contributed by atoms with E-state index in [9.17, 15) is 22.0 Å². The molecule has 0 amide bonds. The second kappa shape index (κ2) is 4.65. The topological polar surface area (TPSA) is 0 Å². The third-order valence-electron chi connectivity index (χ3n) is 1.52. The monoisotopic (exact) mass is 240 g/mol. The predicted molar refractivity (Wildman–Crippen MR) is 47.2 cm³/mol. The molecule has 0 saturated heterocycles. The Kier molecular flexibility index (Phi) is 3.73. The Morgan fingerprint density at radius 3 is 1.67 bits per heavy atom. The number of hydrogen-bond donors (Lipinski definition) is 0. The van der Waals surface area contributed by atoms with Crippen molar-refractivity contribution in [1.29, 1.82) is 0 Å². The molecule has 6 heteroatoms. The van der Waals surface area contributed by atoms with Gasteiger partial charge in [-0.05, 0) is 0 Å².